The van der Waals surface area contributed by atoms with Crippen LogP contribution >= 0.6 is 0 Å². The highest BCUT2D eigenvalue weighted by molar-refractivity contribution is 6.01. The summed E-state index contributed by atoms with van der Waals surface area (Å²) < 4.78 is 15.5. The fourth-order valence-electron chi connectivity index (χ4n) is 2.09. The van der Waals surface area contributed by atoms with E-state index in [0.29, 0.717) is 22.8 Å². The second-order valence-electron chi connectivity index (χ2n) is 4.94. The summed E-state index contributed by atoms with van der Waals surface area (Å²) in [6.07, 6.45) is 0. The van der Waals surface area contributed by atoms with Gasteiger partial charge in [-0.25, -0.2) is 5.43 Å². The number of amides is 1. The maximum Gasteiger partial charge on any atom is 0.271 e. The van der Waals surface area contributed by atoms with Gasteiger partial charge in [0.15, 0.2) is 11.5 Å². The van der Waals surface area contributed by atoms with Crippen molar-refractivity contribution in [3.63, 3.8) is 0 Å². The molecule has 2 aromatic rings. The Morgan fingerprint density at radius 2 is 1.67 bits per heavy atom. The van der Waals surface area contributed by atoms with Gasteiger partial charge in [-0.05, 0) is 37.3 Å². The summed E-state index contributed by atoms with van der Waals surface area (Å²) in [4.78, 5) is 12.2. The van der Waals surface area contributed by atoms with E-state index in [9.17, 15) is 4.79 Å². The molecule has 0 aliphatic heterocycles. The maximum atomic E-state index is 12.2. The molecule has 126 valence electrons. The predicted octanol–water partition coefficient (Wildman–Crippen LogP) is 2.87. The van der Waals surface area contributed by atoms with Crippen LogP contribution in [-0.4, -0.2) is 32.9 Å². The Labute approximate surface area is 141 Å². The number of ether oxygens (including phenoxy) is 3. The summed E-state index contributed by atoms with van der Waals surface area (Å²) in [5, 5.41) is 4.13. The second kappa shape index (κ2) is 8.01. The molecule has 0 bridgehead atoms. The molecule has 1 N–H and O–H groups in total. The van der Waals surface area contributed by atoms with Gasteiger partial charge in [0.1, 0.15) is 5.75 Å². The largest absolute Gasteiger partial charge is 0.497 e. The average Bonchev–Trinajstić information content (AvgIpc) is 2.65. The lowest BCUT2D eigenvalue weighted by atomic mass is 10.1. The SMILES string of the molecule is COc1cccc(/C(C)=N/NC(=O)c2ccc(OC)c(OC)c2)c1. The Bertz CT molecular complexity index is 756. The van der Waals surface area contributed by atoms with Crippen molar-refractivity contribution in [2.24, 2.45) is 5.10 Å². The molecule has 0 aromatic heterocycles. The lowest BCUT2D eigenvalue weighted by molar-refractivity contribution is 0.0954. The Balaban J connectivity index is 2.14. The highest BCUT2D eigenvalue weighted by Crippen LogP contribution is 2.27. The van der Waals surface area contributed by atoms with Crippen LogP contribution < -0.4 is 19.6 Å². The molecule has 0 aliphatic rings. The minimum atomic E-state index is -0.335. The molecule has 2 rings (SSSR count). The van der Waals surface area contributed by atoms with Crippen LogP contribution in [0.2, 0.25) is 0 Å². The standard InChI is InChI=1S/C18H20N2O4/c1-12(13-6-5-7-15(10-13)22-2)19-20-18(21)14-8-9-16(23-3)17(11-14)24-4/h5-11H,1-4H3,(H,20,21)/b19-12+. The molecule has 0 unspecified atom stereocenters. The first-order valence-corrected chi connectivity index (χ1v) is 7.30. The van der Waals surface area contributed by atoms with Gasteiger partial charge in [-0.3, -0.25) is 4.79 Å². The molecule has 0 radical (unpaired) electrons. The Hall–Kier alpha value is -3.02. The summed E-state index contributed by atoms with van der Waals surface area (Å²) in [6.45, 7) is 1.81. The summed E-state index contributed by atoms with van der Waals surface area (Å²) in [7, 11) is 4.66. The van der Waals surface area contributed by atoms with Gasteiger partial charge in [0.05, 0.1) is 27.0 Å². The molecule has 0 atom stereocenters. The number of nitrogens with zero attached hydrogens (tertiary/aromatic N) is 1. The van der Waals surface area contributed by atoms with E-state index in [1.165, 1.54) is 7.11 Å². The van der Waals surface area contributed by atoms with Gasteiger partial charge in [0.2, 0.25) is 0 Å². The lowest BCUT2D eigenvalue weighted by Crippen LogP contribution is -2.19. The Morgan fingerprint density at radius 3 is 2.33 bits per heavy atom. The van der Waals surface area contributed by atoms with Crippen LogP contribution in [0.15, 0.2) is 47.6 Å². The van der Waals surface area contributed by atoms with Crippen molar-refractivity contribution in [3.8, 4) is 17.2 Å². The molecular formula is C18H20N2O4. The zero-order valence-corrected chi connectivity index (χ0v) is 14.1. The number of hydrogen-bond acceptors (Lipinski definition) is 5. The fraction of sp³-hybridized carbons (Fsp3) is 0.222. The summed E-state index contributed by atoms with van der Waals surface area (Å²) in [5.41, 5.74) is 4.49. The van der Waals surface area contributed by atoms with E-state index < -0.39 is 0 Å². The highest BCUT2D eigenvalue weighted by Gasteiger charge is 2.10. The van der Waals surface area contributed by atoms with Crippen molar-refractivity contribution >= 4 is 11.6 Å². The number of hydrogen-bond donors (Lipinski definition) is 1. The molecule has 0 spiro atoms. The summed E-state index contributed by atoms with van der Waals surface area (Å²) >= 11 is 0. The fourth-order valence-corrected chi connectivity index (χ4v) is 2.09. The number of methoxy groups -OCH3 is 3. The molecule has 2 aromatic carbocycles. The molecule has 0 saturated heterocycles. The van der Waals surface area contributed by atoms with Crippen LogP contribution in [0, 0.1) is 0 Å². The van der Waals surface area contributed by atoms with Gasteiger partial charge in [-0.2, -0.15) is 5.10 Å². The third kappa shape index (κ3) is 4.04. The first kappa shape index (κ1) is 17.3. The number of benzene rings is 2. The van der Waals surface area contributed by atoms with Gasteiger partial charge in [-0.1, -0.05) is 12.1 Å². The van der Waals surface area contributed by atoms with Crippen LogP contribution in [0.1, 0.15) is 22.8 Å². The van der Waals surface area contributed by atoms with E-state index in [4.69, 9.17) is 14.2 Å². The van der Waals surface area contributed by atoms with Crippen LogP contribution in [0.5, 0.6) is 17.2 Å². The van der Waals surface area contributed by atoms with Gasteiger partial charge in [-0.15, -0.1) is 0 Å². The van der Waals surface area contributed by atoms with Crippen LogP contribution in [0.25, 0.3) is 0 Å². The highest BCUT2D eigenvalue weighted by atomic mass is 16.5. The number of carbonyl (C=O) groups excluding carboxylic acids is 1. The van der Waals surface area contributed by atoms with Crippen LogP contribution in [-0.2, 0) is 0 Å². The smallest absolute Gasteiger partial charge is 0.271 e. The van der Waals surface area contributed by atoms with E-state index >= 15 is 0 Å². The van der Waals surface area contributed by atoms with E-state index in [-0.39, 0.29) is 5.91 Å². The van der Waals surface area contributed by atoms with Crippen LogP contribution in [0.4, 0.5) is 0 Å². The van der Waals surface area contributed by atoms with Crippen LogP contribution in [0.3, 0.4) is 0 Å². The van der Waals surface area contributed by atoms with Crippen molar-refractivity contribution in [1.82, 2.24) is 5.43 Å². The predicted molar refractivity (Wildman–Crippen MR) is 92.2 cm³/mol. The average molecular weight is 328 g/mol. The van der Waals surface area contributed by atoms with Crippen molar-refractivity contribution in [1.29, 1.82) is 0 Å². The Morgan fingerprint density at radius 1 is 0.917 bits per heavy atom. The molecule has 0 aliphatic carbocycles. The Kier molecular flexibility index (Phi) is 5.78. The lowest BCUT2D eigenvalue weighted by Gasteiger charge is -2.09. The van der Waals surface area contributed by atoms with Crippen molar-refractivity contribution in [2.45, 2.75) is 6.92 Å². The molecule has 0 saturated carbocycles. The first-order valence-electron chi connectivity index (χ1n) is 7.30. The van der Waals surface area contributed by atoms with Gasteiger partial charge in [0, 0.05) is 11.1 Å². The number of nitrogens with one attached hydrogen (secondary N) is 1. The minimum Gasteiger partial charge on any atom is -0.497 e. The molecule has 1 amide bonds. The van der Waals surface area contributed by atoms with Gasteiger partial charge in [0.25, 0.3) is 5.91 Å². The number of rotatable bonds is 6. The zero-order chi connectivity index (χ0) is 17.5. The van der Waals surface area contributed by atoms with E-state index in [2.05, 4.69) is 10.5 Å². The van der Waals surface area contributed by atoms with E-state index in [1.807, 2.05) is 31.2 Å². The van der Waals surface area contributed by atoms with Crippen molar-refractivity contribution < 1.29 is 19.0 Å². The molecule has 6 heteroatoms. The number of hydrazone groups is 1. The molecule has 0 fully saturated rings. The summed E-state index contributed by atoms with van der Waals surface area (Å²) in [6, 6.07) is 12.4. The molecular weight excluding hydrogens is 308 g/mol. The minimum absolute atomic E-state index is 0.335. The van der Waals surface area contributed by atoms with Gasteiger partial charge >= 0.3 is 0 Å². The van der Waals surface area contributed by atoms with E-state index in [0.717, 1.165) is 11.3 Å². The van der Waals surface area contributed by atoms with Crippen molar-refractivity contribution in [3.05, 3.63) is 53.6 Å². The molecule has 0 heterocycles. The van der Waals surface area contributed by atoms with Gasteiger partial charge < -0.3 is 14.2 Å². The summed E-state index contributed by atoms with van der Waals surface area (Å²) in [5.74, 6) is 1.44. The monoisotopic (exact) mass is 328 g/mol. The zero-order valence-electron chi connectivity index (χ0n) is 14.1. The third-order valence-corrected chi connectivity index (χ3v) is 3.46. The maximum absolute atomic E-state index is 12.2. The molecule has 24 heavy (non-hydrogen) atoms. The van der Waals surface area contributed by atoms with Crippen molar-refractivity contribution in [2.75, 3.05) is 21.3 Å². The topological polar surface area (TPSA) is 69.2 Å². The quantitative estimate of drug-likeness (QED) is 0.654. The number of carbonyl (C=O) groups is 1. The molecule has 6 nitrogen and oxygen atoms in total. The third-order valence-electron chi connectivity index (χ3n) is 3.46. The van der Waals surface area contributed by atoms with E-state index in [1.54, 1.807) is 32.4 Å². The normalized spacial score (nSPS) is 10.9. The first-order chi connectivity index (χ1) is 11.6. The second-order valence-corrected chi connectivity index (χ2v) is 4.94.